The standard InChI is InChI=1S/C14H12Cl2N2O4/c1-7-6-11(22-18-7)14(20)21-8(2)13(19)17-10-5-3-4-9(15)12(10)16/h3-6,8H,1-2H3,(H,17,19)/t8-/m0/s1. The quantitative estimate of drug-likeness (QED) is 0.860. The summed E-state index contributed by atoms with van der Waals surface area (Å²) in [5.74, 6) is -1.40. The minimum Gasteiger partial charge on any atom is -0.447 e. The van der Waals surface area contributed by atoms with Gasteiger partial charge >= 0.3 is 5.97 Å². The highest BCUT2D eigenvalue weighted by Crippen LogP contribution is 2.29. The molecule has 1 aromatic carbocycles. The van der Waals surface area contributed by atoms with Crippen LogP contribution in [-0.4, -0.2) is 23.1 Å². The van der Waals surface area contributed by atoms with E-state index in [1.54, 1.807) is 25.1 Å². The molecule has 1 N–H and O–H groups in total. The minimum absolute atomic E-state index is 0.0714. The fourth-order valence-electron chi connectivity index (χ4n) is 1.57. The Hall–Kier alpha value is -2.05. The van der Waals surface area contributed by atoms with E-state index in [2.05, 4.69) is 10.5 Å². The summed E-state index contributed by atoms with van der Waals surface area (Å²) in [6.45, 7) is 3.09. The van der Waals surface area contributed by atoms with E-state index in [0.29, 0.717) is 16.4 Å². The second-order valence-electron chi connectivity index (χ2n) is 4.47. The third-order valence-corrected chi connectivity index (χ3v) is 3.51. The zero-order valence-electron chi connectivity index (χ0n) is 11.7. The summed E-state index contributed by atoms with van der Waals surface area (Å²) in [6, 6.07) is 6.23. The molecule has 0 aliphatic rings. The number of rotatable bonds is 4. The lowest BCUT2D eigenvalue weighted by Crippen LogP contribution is -2.30. The van der Waals surface area contributed by atoms with Crippen molar-refractivity contribution in [1.29, 1.82) is 0 Å². The van der Waals surface area contributed by atoms with Crippen LogP contribution in [0.2, 0.25) is 10.0 Å². The van der Waals surface area contributed by atoms with Crippen molar-refractivity contribution < 1.29 is 18.8 Å². The molecule has 1 atom stereocenters. The lowest BCUT2D eigenvalue weighted by molar-refractivity contribution is -0.123. The first-order chi connectivity index (χ1) is 10.4. The van der Waals surface area contributed by atoms with E-state index in [1.165, 1.54) is 13.0 Å². The van der Waals surface area contributed by atoms with Crippen molar-refractivity contribution in [3.8, 4) is 0 Å². The van der Waals surface area contributed by atoms with Crippen molar-refractivity contribution in [2.45, 2.75) is 20.0 Å². The molecule has 1 amide bonds. The highest BCUT2D eigenvalue weighted by atomic mass is 35.5. The van der Waals surface area contributed by atoms with Gasteiger partial charge in [0.15, 0.2) is 6.10 Å². The van der Waals surface area contributed by atoms with Gasteiger partial charge in [0.2, 0.25) is 5.76 Å². The van der Waals surface area contributed by atoms with Crippen LogP contribution in [0.5, 0.6) is 0 Å². The molecule has 1 heterocycles. The van der Waals surface area contributed by atoms with Crippen LogP contribution in [0.25, 0.3) is 0 Å². The number of ether oxygens (including phenoxy) is 1. The molecule has 8 heteroatoms. The number of amides is 1. The number of hydrogen-bond donors (Lipinski definition) is 1. The highest BCUT2D eigenvalue weighted by molar-refractivity contribution is 6.44. The number of nitrogens with one attached hydrogen (secondary N) is 1. The van der Waals surface area contributed by atoms with E-state index in [0.717, 1.165) is 0 Å². The van der Waals surface area contributed by atoms with Crippen molar-refractivity contribution in [2.75, 3.05) is 5.32 Å². The topological polar surface area (TPSA) is 81.4 Å². The Morgan fingerprint density at radius 3 is 2.73 bits per heavy atom. The Morgan fingerprint density at radius 1 is 1.36 bits per heavy atom. The molecule has 0 saturated carbocycles. The number of esters is 1. The molecule has 116 valence electrons. The minimum atomic E-state index is -1.05. The summed E-state index contributed by atoms with van der Waals surface area (Å²) >= 11 is 11.8. The molecule has 0 saturated heterocycles. The molecule has 22 heavy (non-hydrogen) atoms. The molecule has 2 aromatic rings. The Balaban J connectivity index is 2.00. The van der Waals surface area contributed by atoms with Gasteiger partial charge in [-0.25, -0.2) is 4.79 Å². The van der Waals surface area contributed by atoms with Gasteiger partial charge in [-0.15, -0.1) is 0 Å². The first-order valence-electron chi connectivity index (χ1n) is 6.27. The van der Waals surface area contributed by atoms with E-state index >= 15 is 0 Å². The first-order valence-corrected chi connectivity index (χ1v) is 7.03. The molecule has 0 unspecified atom stereocenters. The average Bonchev–Trinajstić information content (AvgIpc) is 2.90. The largest absolute Gasteiger partial charge is 0.447 e. The van der Waals surface area contributed by atoms with Gasteiger partial charge < -0.3 is 14.6 Å². The van der Waals surface area contributed by atoms with Crippen molar-refractivity contribution >= 4 is 40.8 Å². The van der Waals surface area contributed by atoms with Gasteiger partial charge in [-0.2, -0.15) is 0 Å². The maximum Gasteiger partial charge on any atom is 0.377 e. The van der Waals surface area contributed by atoms with Crippen LogP contribution in [0.3, 0.4) is 0 Å². The molecule has 0 aliphatic carbocycles. The van der Waals surface area contributed by atoms with Gasteiger partial charge in [-0.3, -0.25) is 4.79 Å². The first kappa shape index (κ1) is 16.3. The SMILES string of the molecule is Cc1cc(C(=O)O[C@@H](C)C(=O)Nc2cccc(Cl)c2Cl)on1. The van der Waals surface area contributed by atoms with Crippen molar-refractivity contribution in [3.05, 3.63) is 45.8 Å². The van der Waals surface area contributed by atoms with Crippen LogP contribution in [0.4, 0.5) is 5.69 Å². The van der Waals surface area contributed by atoms with Crippen molar-refractivity contribution in [3.63, 3.8) is 0 Å². The lowest BCUT2D eigenvalue weighted by atomic mass is 10.3. The number of halogens is 2. The second-order valence-corrected chi connectivity index (χ2v) is 5.26. The Labute approximate surface area is 136 Å². The summed E-state index contributed by atoms with van der Waals surface area (Å²) in [4.78, 5) is 23.8. The zero-order valence-corrected chi connectivity index (χ0v) is 13.2. The second kappa shape index (κ2) is 6.81. The van der Waals surface area contributed by atoms with Crippen LogP contribution in [0, 0.1) is 6.92 Å². The van der Waals surface area contributed by atoms with E-state index in [-0.39, 0.29) is 10.8 Å². The molecule has 0 radical (unpaired) electrons. The van der Waals surface area contributed by atoms with Gasteiger partial charge in [-0.1, -0.05) is 34.4 Å². The summed E-state index contributed by atoms with van der Waals surface area (Å²) in [5.41, 5.74) is 0.868. The predicted molar refractivity (Wildman–Crippen MR) is 81.2 cm³/mol. The molecule has 0 fully saturated rings. The number of carbonyl (C=O) groups excluding carboxylic acids is 2. The number of aromatic nitrogens is 1. The Kier molecular flexibility index (Phi) is 5.05. The van der Waals surface area contributed by atoms with E-state index < -0.39 is 18.0 Å². The number of benzene rings is 1. The van der Waals surface area contributed by atoms with Crippen LogP contribution in [-0.2, 0) is 9.53 Å². The third-order valence-electron chi connectivity index (χ3n) is 2.69. The van der Waals surface area contributed by atoms with Gasteiger partial charge in [-0.05, 0) is 26.0 Å². The monoisotopic (exact) mass is 342 g/mol. The Bertz CT molecular complexity index is 715. The molecule has 0 bridgehead atoms. The molecule has 1 aromatic heterocycles. The third kappa shape index (κ3) is 3.78. The molecule has 0 aliphatic heterocycles. The van der Waals surface area contributed by atoms with E-state index in [1.807, 2.05) is 0 Å². The lowest BCUT2D eigenvalue weighted by Gasteiger charge is -2.13. The fourth-order valence-corrected chi connectivity index (χ4v) is 1.91. The fraction of sp³-hybridized carbons (Fsp3) is 0.214. The molecular weight excluding hydrogens is 331 g/mol. The zero-order chi connectivity index (χ0) is 16.3. The average molecular weight is 343 g/mol. The van der Waals surface area contributed by atoms with Crippen LogP contribution in [0.1, 0.15) is 23.2 Å². The van der Waals surface area contributed by atoms with Crippen LogP contribution >= 0.6 is 23.2 Å². The summed E-state index contributed by atoms with van der Waals surface area (Å²) in [6.07, 6.45) is -1.05. The smallest absolute Gasteiger partial charge is 0.377 e. The summed E-state index contributed by atoms with van der Waals surface area (Å²) in [5, 5.41) is 6.62. The molecule has 6 nitrogen and oxygen atoms in total. The van der Waals surface area contributed by atoms with Crippen molar-refractivity contribution in [1.82, 2.24) is 5.16 Å². The van der Waals surface area contributed by atoms with Crippen LogP contribution in [0.15, 0.2) is 28.8 Å². The summed E-state index contributed by atoms with van der Waals surface area (Å²) < 4.78 is 9.76. The summed E-state index contributed by atoms with van der Waals surface area (Å²) in [7, 11) is 0. The van der Waals surface area contributed by atoms with E-state index in [4.69, 9.17) is 32.5 Å². The maximum absolute atomic E-state index is 12.0. The van der Waals surface area contributed by atoms with Crippen LogP contribution < -0.4 is 5.32 Å². The predicted octanol–water partition coefficient (Wildman–Crippen LogP) is 3.47. The normalized spacial score (nSPS) is 11.8. The molecule has 0 spiro atoms. The number of carbonyl (C=O) groups is 2. The molecular formula is C14H12Cl2N2O4. The van der Waals surface area contributed by atoms with Crippen molar-refractivity contribution in [2.24, 2.45) is 0 Å². The number of hydrogen-bond acceptors (Lipinski definition) is 5. The number of anilines is 1. The highest BCUT2D eigenvalue weighted by Gasteiger charge is 2.22. The van der Waals surface area contributed by atoms with E-state index in [9.17, 15) is 9.59 Å². The number of nitrogens with zero attached hydrogens (tertiary/aromatic N) is 1. The Morgan fingerprint density at radius 2 is 2.09 bits per heavy atom. The van der Waals surface area contributed by atoms with Gasteiger partial charge in [0.05, 0.1) is 21.4 Å². The molecule has 2 rings (SSSR count). The maximum atomic E-state index is 12.0. The van der Waals surface area contributed by atoms with Gasteiger partial charge in [0, 0.05) is 6.07 Å². The van der Waals surface area contributed by atoms with Gasteiger partial charge in [0.25, 0.3) is 5.91 Å². The number of aryl methyl sites for hydroxylation is 1. The van der Waals surface area contributed by atoms with Gasteiger partial charge in [0.1, 0.15) is 0 Å².